The summed E-state index contributed by atoms with van der Waals surface area (Å²) in [5, 5.41) is 3.34. The van der Waals surface area contributed by atoms with E-state index in [9.17, 15) is 4.79 Å². The third-order valence-corrected chi connectivity index (χ3v) is 5.44. The van der Waals surface area contributed by atoms with Crippen LogP contribution in [0.3, 0.4) is 0 Å². The van der Waals surface area contributed by atoms with Crippen LogP contribution in [0.1, 0.15) is 46.3 Å². The maximum absolute atomic E-state index is 12.5. The number of carbonyl (C=O) groups is 1. The summed E-state index contributed by atoms with van der Waals surface area (Å²) in [5.74, 6) is 0.509. The molecule has 7 heteroatoms. The van der Waals surface area contributed by atoms with Crippen LogP contribution in [0.2, 0.25) is 0 Å². The fourth-order valence-electron chi connectivity index (χ4n) is 3.49. The number of carbonyl (C=O) groups excluding carboxylic acids is 1. The molecule has 1 aromatic carbocycles. The fourth-order valence-corrected chi connectivity index (χ4v) is 4.06. The van der Waals surface area contributed by atoms with Crippen LogP contribution < -0.4 is 5.32 Å². The van der Waals surface area contributed by atoms with Crippen molar-refractivity contribution in [2.24, 2.45) is 0 Å². The second-order valence-electron chi connectivity index (χ2n) is 6.68. The van der Waals surface area contributed by atoms with Gasteiger partial charge in [-0.2, -0.15) is 4.37 Å². The summed E-state index contributed by atoms with van der Waals surface area (Å²) in [7, 11) is 0. The molecule has 2 aromatic heterocycles. The minimum absolute atomic E-state index is 0.157. The summed E-state index contributed by atoms with van der Waals surface area (Å²) >= 11 is 1.19. The molecule has 27 heavy (non-hydrogen) atoms. The molecule has 1 aliphatic heterocycles. The number of benzene rings is 1. The van der Waals surface area contributed by atoms with Crippen LogP contribution in [-0.2, 0) is 6.54 Å². The lowest BCUT2D eigenvalue weighted by Crippen LogP contribution is -2.23. The van der Waals surface area contributed by atoms with E-state index in [0.29, 0.717) is 22.6 Å². The largest absolute Gasteiger partial charge is 0.297 e. The molecule has 138 valence electrons. The molecule has 3 aromatic rings. The zero-order valence-electron chi connectivity index (χ0n) is 15.1. The number of nitrogens with zero attached hydrogens (tertiary/aromatic N) is 4. The molecule has 1 fully saturated rings. The van der Waals surface area contributed by atoms with E-state index >= 15 is 0 Å². The van der Waals surface area contributed by atoms with Crippen LogP contribution in [0.25, 0.3) is 0 Å². The number of aromatic nitrogens is 3. The molecule has 6 nitrogen and oxygen atoms in total. The summed E-state index contributed by atoms with van der Waals surface area (Å²) in [4.78, 5) is 23.7. The van der Waals surface area contributed by atoms with Crippen LogP contribution >= 0.6 is 11.5 Å². The summed E-state index contributed by atoms with van der Waals surface area (Å²) in [6, 6.07) is 14.2. The molecule has 0 bridgehead atoms. The molecule has 3 heterocycles. The topological polar surface area (TPSA) is 71.0 Å². The summed E-state index contributed by atoms with van der Waals surface area (Å²) < 4.78 is 4.09. The second kappa shape index (κ2) is 7.94. The van der Waals surface area contributed by atoms with Gasteiger partial charge in [0.25, 0.3) is 5.91 Å². The van der Waals surface area contributed by atoms with Crippen molar-refractivity contribution in [3.8, 4) is 0 Å². The lowest BCUT2D eigenvalue weighted by atomic mass is 10.1. The number of hydrogen-bond acceptors (Lipinski definition) is 6. The van der Waals surface area contributed by atoms with Crippen LogP contribution in [0, 0.1) is 6.92 Å². The van der Waals surface area contributed by atoms with Gasteiger partial charge in [0.1, 0.15) is 5.82 Å². The first-order valence-electron chi connectivity index (χ1n) is 9.04. The monoisotopic (exact) mass is 379 g/mol. The predicted molar refractivity (Wildman–Crippen MR) is 106 cm³/mol. The van der Waals surface area contributed by atoms with Gasteiger partial charge in [0.2, 0.25) is 5.13 Å². The summed E-state index contributed by atoms with van der Waals surface area (Å²) in [5.41, 5.74) is 2.88. The van der Waals surface area contributed by atoms with E-state index in [1.54, 1.807) is 6.92 Å². The highest BCUT2D eigenvalue weighted by Crippen LogP contribution is 2.32. The highest BCUT2D eigenvalue weighted by atomic mass is 32.1. The Kier molecular flexibility index (Phi) is 5.22. The molecular weight excluding hydrogens is 358 g/mol. The highest BCUT2D eigenvalue weighted by molar-refractivity contribution is 7.09. The molecule has 1 atom stereocenters. The Morgan fingerprint density at radius 3 is 3.00 bits per heavy atom. The van der Waals surface area contributed by atoms with Gasteiger partial charge < -0.3 is 0 Å². The Hall–Kier alpha value is -2.64. The smallest absolute Gasteiger partial charge is 0.257 e. The van der Waals surface area contributed by atoms with Crippen molar-refractivity contribution in [2.75, 3.05) is 11.9 Å². The molecule has 0 aliphatic carbocycles. The normalized spacial score (nSPS) is 17.1. The molecule has 1 saturated heterocycles. The highest BCUT2D eigenvalue weighted by Gasteiger charge is 2.26. The molecule has 0 saturated carbocycles. The first-order chi connectivity index (χ1) is 13.2. The van der Waals surface area contributed by atoms with E-state index in [1.807, 2.05) is 36.5 Å². The number of amides is 1. The van der Waals surface area contributed by atoms with Crippen molar-refractivity contribution >= 4 is 22.6 Å². The van der Waals surface area contributed by atoms with Gasteiger partial charge in [-0.05, 0) is 56.1 Å². The van der Waals surface area contributed by atoms with Crippen molar-refractivity contribution in [1.29, 1.82) is 0 Å². The maximum atomic E-state index is 12.5. The molecule has 1 amide bonds. The molecule has 0 radical (unpaired) electrons. The Morgan fingerprint density at radius 1 is 1.30 bits per heavy atom. The number of likely N-dealkylation sites (tertiary alicyclic amines) is 1. The van der Waals surface area contributed by atoms with E-state index in [4.69, 9.17) is 0 Å². The first-order valence-corrected chi connectivity index (χ1v) is 9.82. The fraction of sp³-hybridized carbons (Fsp3) is 0.300. The van der Waals surface area contributed by atoms with E-state index in [-0.39, 0.29) is 5.91 Å². The van der Waals surface area contributed by atoms with Gasteiger partial charge in [-0.15, -0.1) is 0 Å². The minimum Gasteiger partial charge on any atom is -0.297 e. The second-order valence-corrected chi connectivity index (χ2v) is 7.44. The lowest BCUT2D eigenvalue weighted by molar-refractivity contribution is 0.102. The van der Waals surface area contributed by atoms with Crippen LogP contribution in [-0.4, -0.2) is 31.7 Å². The predicted octanol–water partition coefficient (Wildman–Crippen LogP) is 3.83. The molecule has 1 aliphatic rings. The first kappa shape index (κ1) is 17.8. The minimum atomic E-state index is -0.157. The van der Waals surface area contributed by atoms with E-state index in [1.165, 1.54) is 11.5 Å². The third-order valence-electron chi connectivity index (χ3n) is 4.72. The zero-order valence-corrected chi connectivity index (χ0v) is 15.9. The number of rotatable bonds is 5. The number of pyridine rings is 1. The average Bonchev–Trinajstić information content (AvgIpc) is 3.31. The van der Waals surface area contributed by atoms with Crippen molar-refractivity contribution in [1.82, 2.24) is 19.2 Å². The zero-order chi connectivity index (χ0) is 18.6. The average molecular weight is 379 g/mol. The Bertz CT molecular complexity index is 927. The van der Waals surface area contributed by atoms with E-state index < -0.39 is 0 Å². The number of nitrogens with one attached hydrogen (secondary N) is 1. The van der Waals surface area contributed by atoms with Crippen LogP contribution in [0.5, 0.6) is 0 Å². The van der Waals surface area contributed by atoms with Crippen LogP contribution in [0.15, 0.2) is 48.7 Å². The quantitative estimate of drug-likeness (QED) is 0.729. The van der Waals surface area contributed by atoms with Gasteiger partial charge in [-0.3, -0.25) is 20.0 Å². The van der Waals surface area contributed by atoms with Gasteiger partial charge in [0.05, 0.1) is 11.7 Å². The van der Waals surface area contributed by atoms with Gasteiger partial charge in [-0.25, -0.2) is 4.98 Å². The maximum Gasteiger partial charge on any atom is 0.257 e. The van der Waals surface area contributed by atoms with Crippen molar-refractivity contribution in [3.63, 3.8) is 0 Å². The molecule has 4 rings (SSSR count). The number of hydrogen-bond donors (Lipinski definition) is 1. The number of anilines is 1. The van der Waals surface area contributed by atoms with E-state index in [0.717, 1.165) is 37.2 Å². The van der Waals surface area contributed by atoms with Crippen molar-refractivity contribution in [3.05, 3.63) is 71.3 Å². The van der Waals surface area contributed by atoms with Crippen molar-refractivity contribution < 1.29 is 4.79 Å². The molecule has 0 spiro atoms. The van der Waals surface area contributed by atoms with Gasteiger partial charge in [-0.1, -0.05) is 18.2 Å². The SMILES string of the molecule is Cc1nsc(NC(=O)c2cccc(CN3CCC[C@@H]3c3ccccn3)c2)n1. The third kappa shape index (κ3) is 4.20. The van der Waals surface area contributed by atoms with Crippen molar-refractivity contribution in [2.45, 2.75) is 32.4 Å². The van der Waals surface area contributed by atoms with E-state index in [2.05, 4.69) is 36.7 Å². The standard InChI is InChI=1S/C20H21N5OS/c1-14-22-20(27-24-14)23-19(26)16-7-4-6-15(12-16)13-25-11-5-9-18(25)17-8-2-3-10-21-17/h2-4,6-8,10,12,18H,5,9,11,13H2,1H3,(H,22,23,24,26)/t18-/m1/s1. The summed E-state index contributed by atoms with van der Waals surface area (Å²) in [6.07, 6.45) is 4.14. The molecular formula is C20H21N5OS. The molecule has 1 N–H and O–H groups in total. The van der Waals surface area contributed by atoms with Gasteiger partial charge in [0.15, 0.2) is 0 Å². The summed E-state index contributed by atoms with van der Waals surface area (Å²) in [6.45, 7) is 3.66. The number of aryl methyl sites for hydroxylation is 1. The lowest BCUT2D eigenvalue weighted by Gasteiger charge is -2.24. The van der Waals surface area contributed by atoms with Gasteiger partial charge >= 0.3 is 0 Å². The Morgan fingerprint density at radius 2 is 2.22 bits per heavy atom. The Labute approximate surface area is 162 Å². The Balaban J connectivity index is 1.46. The molecule has 0 unspecified atom stereocenters. The van der Waals surface area contributed by atoms with Crippen LogP contribution in [0.4, 0.5) is 5.13 Å². The van der Waals surface area contributed by atoms with Gasteiger partial charge in [0, 0.05) is 29.8 Å².